The van der Waals surface area contributed by atoms with Gasteiger partial charge in [0.1, 0.15) is 6.04 Å². The fraction of sp³-hybridized carbons (Fsp3) is 0.421. The van der Waals surface area contributed by atoms with Gasteiger partial charge in [0.2, 0.25) is 11.8 Å². The Hall–Kier alpha value is -2.65. The predicted molar refractivity (Wildman–Crippen MR) is 92.3 cm³/mol. The van der Waals surface area contributed by atoms with E-state index >= 15 is 0 Å². The van der Waals surface area contributed by atoms with Gasteiger partial charge in [-0.1, -0.05) is 11.8 Å². The van der Waals surface area contributed by atoms with Crippen LogP contribution in [0.1, 0.15) is 53.6 Å². The van der Waals surface area contributed by atoms with Crippen molar-refractivity contribution in [3.8, 4) is 11.8 Å². The van der Waals surface area contributed by atoms with Gasteiger partial charge in [0.25, 0.3) is 5.91 Å². The standard InChI is InChI=1S/C19H21N3O3/c20-10-4-2-1-3-5-13-6-7-15-14(11-13)12-22(19(15)25)16-8-9-17(23)21-18(16)24/h6-7,11,16H,1-2,4,8-10,12,20H2,(H,21,23,24). The Labute approximate surface area is 146 Å². The highest BCUT2D eigenvalue weighted by Crippen LogP contribution is 2.28. The van der Waals surface area contributed by atoms with E-state index < -0.39 is 11.9 Å². The van der Waals surface area contributed by atoms with E-state index in [9.17, 15) is 14.4 Å². The van der Waals surface area contributed by atoms with Crippen molar-refractivity contribution in [2.75, 3.05) is 6.54 Å². The van der Waals surface area contributed by atoms with E-state index in [4.69, 9.17) is 5.73 Å². The van der Waals surface area contributed by atoms with Crippen molar-refractivity contribution >= 4 is 17.7 Å². The first-order valence-electron chi connectivity index (χ1n) is 8.56. The number of rotatable bonds is 4. The number of nitrogens with one attached hydrogen (secondary N) is 1. The quantitative estimate of drug-likeness (QED) is 0.485. The Morgan fingerprint density at radius 3 is 2.84 bits per heavy atom. The van der Waals surface area contributed by atoms with Crippen molar-refractivity contribution in [3.05, 3.63) is 34.9 Å². The monoisotopic (exact) mass is 339 g/mol. The molecule has 1 atom stereocenters. The van der Waals surface area contributed by atoms with Gasteiger partial charge in [-0.25, -0.2) is 0 Å². The summed E-state index contributed by atoms with van der Waals surface area (Å²) in [5, 5.41) is 2.31. The molecule has 0 bridgehead atoms. The minimum Gasteiger partial charge on any atom is -0.330 e. The summed E-state index contributed by atoms with van der Waals surface area (Å²) in [5.74, 6) is 5.40. The van der Waals surface area contributed by atoms with Gasteiger partial charge in [-0.2, -0.15) is 0 Å². The highest BCUT2D eigenvalue weighted by atomic mass is 16.2. The normalized spacial score (nSPS) is 19.3. The van der Waals surface area contributed by atoms with Crippen LogP contribution in [0, 0.1) is 11.8 Å². The largest absolute Gasteiger partial charge is 0.330 e. The van der Waals surface area contributed by atoms with E-state index in [1.165, 1.54) is 0 Å². The second kappa shape index (κ2) is 7.49. The molecule has 0 aromatic heterocycles. The van der Waals surface area contributed by atoms with Gasteiger partial charge in [-0.05, 0) is 49.6 Å². The number of unbranched alkanes of at least 4 members (excludes halogenated alkanes) is 2. The molecule has 3 N–H and O–H groups in total. The summed E-state index contributed by atoms with van der Waals surface area (Å²) in [4.78, 5) is 37.4. The summed E-state index contributed by atoms with van der Waals surface area (Å²) < 4.78 is 0. The lowest BCUT2D eigenvalue weighted by Crippen LogP contribution is -2.52. The van der Waals surface area contributed by atoms with Crippen molar-refractivity contribution in [2.24, 2.45) is 5.73 Å². The number of piperidine rings is 1. The van der Waals surface area contributed by atoms with Crippen LogP contribution in [0.25, 0.3) is 0 Å². The van der Waals surface area contributed by atoms with E-state index in [0.29, 0.717) is 25.1 Å². The molecule has 25 heavy (non-hydrogen) atoms. The van der Waals surface area contributed by atoms with E-state index in [-0.39, 0.29) is 18.2 Å². The molecule has 1 unspecified atom stereocenters. The number of benzene rings is 1. The first kappa shape index (κ1) is 17.2. The van der Waals surface area contributed by atoms with Crippen molar-refractivity contribution < 1.29 is 14.4 Å². The molecule has 2 aliphatic heterocycles. The van der Waals surface area contributed by atoms with E-state index in [1.807, 2.05) is 12.1 Å². The number of hydrogen-bond donors (Lipinski definition) is 2. The molecule has 1 saturated heterocycles. The van der Waals surface area contributed by atoms with E-state index in [0.717, 1.165) is 30.4 Å². The fourth-order valence-electron chi connectivity index (χ4n) is 3.17. The zero-order valence-electron chi connectivity index (χ0n) is 14.0. The summed E-state index contributed by atoms with van der Waals surface area (Å²) >= 11 is 0. The van der Waals surface area contributed by atoms with Crippen LogP contribution in [0.3, 0.4) is 0 Å². The van der Waals surface area contributed by atoms with Crippen molar-refractivity contribution in [1.82, 2.24) is 10.2 Å². The van der Waals surface area contributed by atoms with Crippen LogP contribution in [0.2, 0.25) is 0 Å². The third-order valence-electron chi connectivity index (χ3n) is 4.51. The maximum atomic E-state index is 12.6. The van der Waals surface area contributed by atoms with Crippen LogP contribution >= 0.6 is 0 Å². The van der Waals surface area contributed by atoms with Crippen LogP contribution in [0.4, 0.5) is 0 Å². The Morgan fingerprint density at radius 2 is 2.08 bits per heavy atom. The molecule has 1 aromatic rings. The number of carbonyl (C=O) groups excluding carboxylic acids is 3. The molecule has 6 nitrogen and oxygen atoms in total. The highest BCUT2D eigenvalue weighted by Gasteiger charge is 2.38. The molecule has 130 valence electrons. The summed E-state index contributed by atoms with van der Waals surface area (Å²) in [6.45, 7) is 1.06. The summed E-state index contributed by atoms with van der Waals surface area (Å²) in [7, 11) is 0. The molecule has 6 heteroatoms. The smallest absolute Gasteiger partial charge is 0.255 e. The minimum absolute atomic E-state index is 0.160. The number of hydrogen-bond acceptors (Lipinski definition) is 4. The third-order valence-corrected chi connectivity index (χ3v) is 4.51. The maximum absolute atomic E-state index is 12.6. The third kappa shape index (κ3) is 3.72. The lowest BCUT2D eigenvalue weighted by molar-refractivity contribution is -0.136. The number of fused-ring (bicyclic) bond motifs is 1. The average molecular weight is 339 g/mol. The minimum atomic E-state index is -0.580. The van der Waals surface area contributed by atoms with Gasteiger partial charge < -0.3 is 10.6 Å². The van der Waals surface area contributed by atoms with Gasteiger partial charge in [-0.15, -0.1) is 0 Å². The number of imide groups is 1. The van der Waals surface area contributed by atoms with Crippen LogP contribution in [-0.4, -0.2) is 35.2 Å². The van der Waals surface area contributed by atoms with Crippen molar-refractivity contribution in [3.63, 3.8) is 0 Å². The number of nitrogens with zero attached hydrogens (tertiary/aromatic N) is 1. The Kier molecular flexibility index (Phi) is 5.15. The van der Waals surface area contributed by atoms with Crippen LogP contribution in [-0.2, 0) is 16.1 Å². The van der Waals surface area contributed by atoms with E-state index in [2.05, 4.69) is 17.2 Å². The van der Waals surface area contributed by atoms with Gasteiger partial charge in [0.15, 0.2) is 0 Å². The van der Waals surface area contributed by atoms with Gasteiger partial charge in [-0.3, -0.25) is 19.7 Å². The van der Waals surface area contributed by atoms with Gasteiger partial charge >= 0.3 is 0 Å². The average Bonchev–Trinajstić information content (AvgIpc) is 2.91. The molecule has 1 aromatic carbocycles. The molecule has 1 fully saturated rings. The molecule has 2 aliphatic rings. The second-order valence-corrected chi connectivity index (χ2v) is 6.32. The first-order chi connectivity index (χ1) is 12.1. The lowest BCUT2D eigenvalue weighted by atomic mass is 10.0. The zero-order chi connectivity index (χ0) is 17.8. The molecule has 0 radical (unpaired) electrons. The topological polar surface area (TPSA) is 92.5 Å². The molecular formula is C19H21N3O3. The molecule has 0 saturated carbocycles. The van der Waals surface area contributed by atoms with Crippen LogP contribution in [0.15, 0.2) is 18.2 Å². The first-order valence-corrected chi connectivity index (χ1v) is 8.56. The van der Waals surface area contributed by atoms with Crippen LogP contribution < -0.4 is 11.1 Å². The molecule has 2 heterocycles. The summed E-state index contributed by atoms with van der Waals surface area (Å²) in [5.41, 5.74) is 7.81. The SMILES string of the molecule is NCCCCC#Cc1ccc2c(c1)CN(C1CCC(=O)NC1=O)C2=O. The fourth-order valence-corrected chi connectivity index (χ4v) is 3.17. The highest BCUT2D eigenvalue weighted by molar-refractivity contribution is 6.05. The molecule has 0 aliphatic carbocycles. The van der Waals surface area contributed by atoms with Crippen LogP contribution in [0.5, 0.6) is 0 Å². The second-order valence-electron chi connectivity index (χ2n) is 6.32. The molecule has 0 spiro atoms. The van der Waals surface area contributed by atoms with Crippen molar-refractivity contribution in [2.45, 2.75) is 44.7 Å². The van der Waals surface area contributed by atoms with Gasteiger partial charge in [0.05, 0.1) is 0 Å². The lowest BCUT2D eigenvalue weighted by Gasteiger charge is -2.29. The van der Waals surface area contributed by atoms with Gasteiger partial charge in [0, 0.05) is 30.5 Å². The Bertz CT molecular complexity index is 776. The number of carbonyl (C=O) groups is 3. The molecule has 3 rings (SSSR count). The molecule has 3 amide bonds. The number of nitrogens with two attached hydrogens (primary N) is 1. The number of amides is 3. The predicted octanol–water partition coefficient (Wildman–Crippen LogP) is 0.928. The van der Waals surface area contributed by atoms with Crippen molar-refractivity contribution in [1.29, 1.82) is 0 Å². The maximum Gasteiger partial charge on any atom is 0.255 e. The van der Waals surface area contributed by atoms with E-state index in [1.54, 1.807) is 11.0 Å². The Morgan fingerprint density at radius 1 is 1.24 bits per heavy atom. The summed E-state index contributed by atoms with van der Waals surface area (Å²) in [6.07, 6.45) is 3.38. The Balaban J connectivity index is 1.71. The zero-order valence-corrected chi connectivity index (χ0v) is 14.0. The molecular weight excluding hydrogens is 318 g/mol. The summed E-state index contributed by atoms with van der Waals surface area (Å²) in [6, 6.07) is 4.94.